The number of rotatable bonds is 16. The van der Waals surface area contributed by atoms with Crippen LogP contribution in [-0.4, -0.2) is 59.5 Å². The molecular weight excluding hydrogens is 761 g/mol. The number of aromatic nitrogens is 3. The van der Waals surface area contributed by atoms with Gasteiger partial charge in [0, 0.05) is 22.7 Å². The minimum atomic E-state index is -1.21. The maximum atomic E-state index is 14.3. The van der Waals surface area contributed by atoms with Gasteiger partial charge in [-0.2, -0.15) is 11.4 Å². The molecule has 4 atom stereocenters. The van der Waals surface area contributed by atoms with E-state index in [9.17, 15) is 14.4 Å². The number of ketones is 1. The summed E-state index contributed by atoms with van der Waals surface area (Å²) in [4.78, 5) is 55.0. The zero-order valence-corrected chi connectivity index (χ0v) is 39.1. The van der Waals surface area contributed by atoms with Gasteiger partial charge < -0.3 is 29.7 Å². The number of aromatic amines is 1. The first kappa shape index (κ1) is 46.8. The molecule has 0 unspecified atom stereocenters. The molecule has 3 aromatic rings. The van der Waals surface area contributed by atoms with Gasteiger partial charge in [-0.15, -0.1) is 22.8 Å². The summed E-state index contributed by atoms with van der Waals surface area (Å²) in [5.74, 6) is -1.52. The van der Waals surface area contributed by atoms with Crippen molar-refractivity contribution < 1.29 is 23.9 Å². The fourth-order valence-corrected chi connectivity index (χ4v) is 9.20. The van der Waals surface area contributed by atoms with Crippen molar-refractivity contribution in [3.05, 3.63) is 102 Å². The van der Waals surface area contributed by atoms with E-state index in [1.807, 2.05) is 38.2 Å². The molecule has 1 saturated heterocycles. The number of carbonyl (C=O) groups excluding carboxylic acids is 3. The SMILES string of the molecule is C=Cc1c2[n-]c(c1C)/C=C1\[N-]/C(=C3\c4[n-]c(c(C)c4C(=O)[C@@H]3C(=O)OC)/C=c3\[nH]/c(c(C)c3CC)=C\2)[C@@H](CCC(=O)OC/C=C(/C)CCC[C@H](C)CCCC(C)C)[C@@H]1C.[Mg+2]. The van der Waals surface area contributed by atoms with Crippen molar-refractivity contribution in [1.82, 2.24) is 15.0 Å². The Bertz CT molecular complexity index is 2350. The number of esters is 2. The number of hydrogen-bond donors (Lipinski definition) is 1. The predicted molar refractivity (Wildman–Crippen MR) is 243 cm³/mol. The number of H-pyrrole nitrogens is 1. The van der Waals surface area contributed by atoms with Crippen LogP contribution >= 0.6 is 0 Å². The summed E-state index contributed by atoms with van der Waals surface area (Å²) >= 11 is 0. The maximum Gasteiger partial charge on any atom is 2.00 e. The van der Waals surface area contributed by atoms with E-state index in [1.54, 1.807) is 0 Å². The minimum Gasteiger partial charge on any atom is -0.664 e. The number of Topliss-reactive ketones (excluding diaryl/α,β-unsaturated/α-hetero) is 1. The number of methoxy groups -OCH3 is 1. The van der Waals surface area contributed by atoms with E-state index in [0.29, 0.717) is 40.2 Å². The third-order valence-electron chi connectivity index (χ3n) is 12.9. The molecule has 0 spiro atoms. The molecular formula is C50H63MgN4O5-. The molecule has 6 rings (SSSR count). The van der Waals surface area contributed by atoms with Crippen LogP contribution < -0.4 is 20.7 Å². The average Bonchev–Trinajstić information content (AvgIpc) is 3.94. The Morgan fingerprint density at radius 3 is 2.32 bits per heavy atom. The van der Waals surface area contributed by atoms with E-state index in [1.165, 1.54) is 38.4 Å². The Hall–Kier alpha value is -4.28. The first-order chi connectivity index (χ1) is 28.2. The van der Waals surface area contributed by atoms with Crippen molar-refractivity contribution in [2.24, 2.45) is 29.6 Å². The summed E-state index contributed by atoms with van der Waals surface area (Å²) in [7, 11) is 1.30. The van der Waals surface area contributed by atoms with Crippen molar-refractivity contribution in [2.75, 3.05) is 13.7 Å². The van der Waals surface area contributed by atoms with Crippen molar-refractivity contribution >= 4 is 70.7 Å². The monoisotopic (exact) mass is 823 g/mol. The molecule has 8 bridgehead atoms. The number of nitrogens with zero attached hydrogens (tertiary/aromatic N) is 3. The standard InChI is InChI=1S/C50H64N4O5.Mg/c1-12-34-30(7)37-24-39-32(9)36(20-21-43(55)59-23-22-29(6)19-15-18-28(5)17-14-16-27(3)4)47(53-39)45-46(50(57)58-11)49(56)44-33(10)40(54-48(44)45)26-42-35(13-2)31(8)38(52-42)25-41(34)51-37;/h12,22,24-28,32,36,46,52H,1,13-21,23H2,2-11H3,(H-,53,54,56);/q-2;+2/p-1/b29-22-,38-25-,39-24-,42-26-;/t28-,32+,36+,46-;/m1./s1. The molecule has 1 N–H and O–H groups in total. The van der Waals surface area contributed by atoms with Gasteiger partial charge in [0.05, 0.1) is 7.11 Å². The van der Waals surface area contributed by atoms with Crippen LogP contribution in [0.4, 0.5) is 0 Å². The molecule has 2 aliphatic heterocycles. The van der Waals surface area contributed by atoms with Crippen LogP contribution in [0.15, 0.2) is 29.6 Å². The average molecular weight is 824 g/mol. The number of nitrogens with one attached hydrogen (secondary N) is 1. The Morgan fingerprint density at radius 2 is 1.63 bits per heavy atom. The topological polar surface area (TPSA) is 128 Å². The maximum absolute atomic E-state index is 14.3. The third kappa shape index (κ3) is 9.60. The largest absolute Gasteiger partial charge is 2.00 e. The number of hydrogen-bond acceptors (Lipinski definition) is 5. The molecule has 60 heavy (non-hydrogen) atoms. The van der Waals surface area contributed by atoms with Crippen molar-refractivity contribution in [3.8, 4) is 0 Å². The molecule has 0 aromatic carbocycles. The second-order valence-corrected chi connectivity index (χ2v) is 17.5. The van der Waals surface area contributed by atoms with Gasteiger partial charge in [-0.25, -0.2) is 0 Å². The molecule has 9 nitrogen and oxygen atoms in total. The molecule has 3 aromatic heterocycles. The zero-order valence-electron chi connectivity index (χ0n) is 37.6. The van der Waals surface area contributed by atoms with Crippen LogP contribution in [0.25, 0.3) is 35.2 Å². The van der Waals surface area contributed by atoms with Crippen LogP contribution in [0.1, 0.15) is 154 Å². The number of allylic oxidation sites excluding steroid dienone is 3. The first-order valence-corrected chi connectivity index (χ1v) is 21.7. The number of ether oxygens (including phenoxy) is 2. The van der Waals surface area contributed by atoms with Crippen molar-refractivity contribution in [3.63, 3.8) is 0 Å². The quantitative estimate of drug-likeness (QED) is 0.0662. The summed E-state index contributed by atoms with van der Waals surface area (Å²) in [6.45, 7) is 23.6. The summed E-state index contributed by atoms with van der Waals surface area (Å²) in [5, 5.41) is 7.07. The van der Waals surface area contributed by atoms with Crippen LogP contribution in [0.2, 0.25) is 0 Å². The second-order valence-electron chi connectivity index (χ2n) is 17.5. The molecule has 0 amide bonds. The van der Waals surface area contributed by atoms with Gasteiger partial charge in [0.25, 0.3) is 0 Å². The Balaban J connectivity index is 0.00000683. The molecule has 3 aliphatic rings. The fourth-order valence-electron chi connectivity index (χ4n) is 9.20. The molecule has 1 aliphatic carbocycles. The van der Waals surface area contributed by atoms with Crippen LogP contribution in [0.5, 0.6) is 0 Å². The van der Waals surface area contributed by atoms with Gasteiger partial charge in [0.2, 0.25) is 0 Å². The number of carbonyl (C=O) groups is 3. The van der Waals surface area contributed by atoms with Gasteiger partial charge >= 0.3 is 35.0 Å². The van der Waals surface area contributed by atoms with E-state index in [-0.39, 0.29) is 59.7 Å². The fraction of sp³-hybridized carbons (Fsp3) is 0.500. The molecule has 10 heteroatoms. The van der Waals surface area contributed by atoms with E-state index in [2.05, 4.69) is 66.1 Å². The minimum absolute atomic E-state index is 0. The molecule has 0 saturated carbocycles. The molecule has 5 heterocycles. The third-order valence-corrected chi connectivity index (χ3v) is 12.9. The molecule has 0 radical (unpaired) electrons. The van der Waals surface area contributed by atoms with Gasteiger partial charge in [0.1, 0.15) is 12.5 Å². The van der Waals surface area contributed by atoms with E-state index >= 15 is 0 Å². The van der Waals surface area contributed by atoms with Gasteiger partial charge in [-0.05, 0) is 99.8 Å². The van der Waals surface area contributed by atoms with Gasteiger partial charge in [0.15, 0.2) is 5.78 Å². The molecule has 316 valence electrons. The van der Waals surface area contributed by atoms with E-state index in [0.717, 1.165) is 81.1 Å². The zero-order chi connectivity index (χ0) is 42.7. The summed E-state index contributed by atoms with van der Waals surface area (Å²) < 4.78 is 11.0. The van der Waals surface area contributed by atoms with Crippen LogP contribution in [0.3, 0.4) is 0 Å². The Kier molecular flexibility index (Phi) is 15.6. The normalized spacial score (nSPS) is 21.9. The summed E-state index contributed by atoms with van der Waals surface area (Å²) in [5.41, 5.74) is 11.0. The van der Waals surface area contributed by atoms with Gasteiger partial charge in [-0.3, -0.25) is 14.4 Å². The van der Waals surface area contributed by atoms with Gasteiger partial charge in [-0.1, -0.05) is 113 Å². The number of fused-ring (bicyclic) bond motifs is 7. The Labute approximate surface area is 372 Å². The van der Waals surface area contributed by atoms with E-state index < -0.39 is 11.9 Å². The summed E-state index contributed by atoms with van der Waals surface area (Å²) in [6, 6.07) is 0. The van der Waals surface area contributed by atoms with Crippen molar-refractivity contribution in [1.29, 1.82) is 0 Å². The smallest absolute Gasteiger partial charge is 0.664 e. The van der Waals surface area contributed by atoms with E-state index in [4.69, 9.17) is 24.8 Å². The van der Waals surface area contributed by atoms with Crippen LogP contribution in [0, 0.1) is 50.4 Å². The Morgan fingerprint density at radius 1 is 0.933 bits per heavy atom. The molecule has 1 fully saturated rings. The first-order valence-electron chi connectivity index (χ1n) is 21.7. The predicted octanol–water partition coefficient (Wildman–Crippen LogP) is 8.93. The van der Waals surface area contributed by atoms with Crippen molar-refractivity contribution in [2.45, 2.75) is 120 Å². The summed E-state index contributed by atoms with van der Waals surface area (Å²) in [6.07, 6.45) is 18.4. The second kappa shape index (κ2) is 20.1. The van der Waals surface area contributed by atoms with Crippen LogP contribution in [-0.2, 0) is 25.5 Å².